The molecule has 7 atom stereocenters. The molecule has 0 aromatic heterocycles. The first-order valence-corrected chi connectivity index (χ1v) is 23.7. The molecule has 0 aliphatic carbocycles. The molecular formula is C45H70N12O15. The van der Waals surface area contributed by atoms with Crippen molar-refractivity contribution in [3.63, 3.8) is 0 Å². The molecule has 0 spiro atoms. The first kappa shape index (κ1) is 60.7. The summed E-state index contributed by atoms with van der Waals surface area (Å²) in [5.74, 6) is -14.2. The molecule has 1 saturated heterocycles. The van der Waals surface area contributed by atoms with Crippen molar-refractivity contribution in [1.82, 2.24) is 47.9 Å². The number of benzene rings is 1. The molecule has 1 aliphatic heterocycles. The molecule has 0 radical (unpaired) electrons. The number of primary amides is 3. The minimum Gasteiger partial charge on any atom is -0.508 e. The van der Waals surface area contributed by atoms with Gasteiger partial charge in [0.25, 0.3) is 0 Å². The van der Waals surface area contributed by atoms with E-state index in [-0.39, 0.29) is 18.7 Å². The third kappa shape index (κ3) is 23.5. The number of hydrogen-bond acceptors (Lipinski definition) is 15. The van der Waals surface area contributed by atoms with Gasteiger partial charge in [-0.3, -0.25) is 57.5 Å². The third-order valence-electron chi connectivity index (χ3n) is 11.1. The Morgan fingerprint density at radius 2 is 0.931 bits per heavy atom. The van der Waals surface area contributed by atoms with Crippen molar-refractivity contribution in [1.29, 1.82) is 0 Å². The van der Waals surface area contributed by atoms with Gasteiger partial charge >= 0.3 is 0 Å². The van der Waals surface area contributed by atoms with Gasteiger partial charge in [-0.2, -0.15) is 0 Å². The van der Waals surface area contributed by atoms with Crippen LogP contribution in [0.15, 0.2) is 24.3 Å². The lowest BCUT2D eigenvalue weighted by Gasteiger charge is -2.26. The van der Waals surface area contributed by atoms with E-state index in [4.69, 9.17) is 17.2 Å². The molecule has 12 amide bonds. The lowest BCUT2D eigenvalue weighted by Crippen LogP contribution is -2.60. The molecule has 2 rings (SSSR count). The Hall–Kier alpha value is -7.42. The highest BCUT2D eigenvalue weighted by atomic mass is 16.3. The van der Waals surface area contributed by atoms with Gasteiger partial charge in [-0.25, -0.2) is 0 Å². The fourth-order valence-electron chi connectivity index (χ4n) is 7.19. The summed E-state index contributed by atoms with van der Waals surface area (Å²) in [6.45, 7) is -1.03. The zero-order valence-electron chi connectivity index (χ0n) is 40.3. The van der Waals surface area contributed by atoms with Crippen LogP contribution >= 0.6 is 0 Å². The van der Waals surface area contributed by atoms with Crippen molar-refractivity contribution < 1.29 is 72.9 Å². The average Bonchev–Trinajstić information content (AvgIpc) is 3.31. The van der Waals surface area contributed by atoms with Crippen LogP contribution in [0.5, 0.6) is 5.75 Å². The predicted octanol–water partition coefficient (Wildman–Crippen LogP) is -5.50. The summed E-state index contributed by atoms with van der Waals surface area (Å²) in [7, 11) is 0. The van der Waals surface area contributed by atoms with Gasteiger partial charge in [0, 0.05) is 13.0 Å². The Bertz CT molecular complexity index is 2060. The minimum atomic E-state index is -1.95. The molecule has 18 N–H and O–H groups in total. The lowest BCUT2D eigenvalue weighted by molar-refractivity contribution is -0.137. The SMILES string of the molecule is CCCCCCCCCCCCNC(=O)[C@H]1CC(=O)N[C@H](CO)C(=O)N[C@H](Cc2ccc(O)cc2)C(=O)N[C@H](CC(N)=O)C(=O)NCC(=O)N[C@H](CC(N)=O)C(=O)N[C@H](CO)C(=O)N[C@@H](CC(N)=O)C(=O)N1. The van der Waals surface area contributed by atoms with Gasteiger partial charge in [0.2, 0.25) is 70.9 Å². The van der Waals surface area contributed by atoms with Crippen molar-refractivity contribution in [3.8, 4) is 5.75 Å². The second kappa shape index (κ2) is 32.5. The first-order valence-electron chi connectivity index (χ1n) is 23.7. The normalized spacial score (nSPS) is 22.4. The van der Waals surface area contributed by atoms with Crippen LogP contribution < -0.4 is 65.1 Å². The topological polar surface area (TPSA) is 452 Å². The molecule has 400 valence electrons. The number of nitrogens with two attached hydrogens (primary N) is 3. The summed E-state index contributed by atoms with van der Waals surface area (Å²) in [5.41, 5.74) is 16.3. The second-order valence-electron chi connectivity index (χ2n) is 17.2. The van der Waals surface area contributed by atoms with E-state index in [9.17, 15) is 72.9 Å². The minimum absolute atomic E-state index is 0.0912. The zero-order chi connectivity index (χ0) is 53.8. The van der Waals surface area contributed by atoms with Crippen molar-refractivity contribution in [2.75, 3.05) is 26.3 Å². The van der Waals surface area contributed by atoms with E-state index in [0.29, 0.717) is 12.0 Å². The summed E-state index contributed by atoms with van der Waals surface area (Å²) >= 11 is 0. The number of nitrogens with one attached hydrogen (secondary N) is 9. The fraction of sp³-hybridized carbons (Fsp3) is 0.600. The van der Waals surface area contributed by atoms with Gasteiger partial charge < -0.3 is 80.4 Å². The molecule has 1 aliphatic rings. The summed E-state index contributed by atoms with van der Waals surface area (Å²) < 4.78 is 0. The van der Waals surface area contributed by atoms with Gasteiger partial charge in [-0.1, -0.05) is 76.8 Å². The maximum absolute atomic E-state index is 13.9. The molecule has 27 nitrogen and oxygen atoms in total. The zero-order valence-corrected chi connectivity index (χ0v) is 40.3. The van der Waals surface area contributed by atoms with Gasteiger partial charge in [0.05, 0.1) is 45.4 Å². The van der Waals surface area contributed by atoms with Gasteiger partial charge in [-0.15, -0.1) is 0 Å². The number of amides is 12. The maximum Gasteiger partial charge on any atom is 0.245 e. The van der Waals surface area contributed by atoms with Crippen LogP contribution in [0.3, 0.4) is 0 Å². The maximum atomic E-state index is 13.9. The van der Waals surface area contributed by atoms with E-state index >= 15 is 0 Å². The summed E-state index contributed by atoms with van der Waals surface area (Å²) in [6, 6.07) is -7.58. The number of phenols is 1. The van der Waals surface area contributed by atoms with Gasteiger partial charge in [0.1, 0.15) is 48.0 Å². The van der Waals surface area contributed by atoms with Crippen LogP contribution in [-0.4, -0.2) is 155 Å². The second-order valence-corrected chi connectivity index (χ2v) is 17.2. The van der Waals surface area contributed by atoms with Crippen LogP contribution in [0.4, 0.5) is 0 Å². The van der Waals surface area contributed by atoms with E-state index in [2.05, 4.69) is 54.8 Å². The predicted molar refractivity (Wildman–Crippen MR) is 253 cm³/mol. The number of hydrogen-bond donors (Lipinski definition) is 15. The molecule has 72 heavy (non-hydrogen) atoms. The van der Waals surface area contributed by atoms with Crippen LogP contribution in [-0.2, 0) is 64.0 Å². The summed E-state index contributed by atoms with van der Waals surface area (Å²) in [5, 5.41) is 50.3. The number of phenolic OH excluding ortho intramolecular Hbond substituents is 1. The molecule has 27 heteroatoms. The Kier molecular flexibility index (Phi) is 27.4. The van der Waals surface area contributed by atoms with Crippen LogP contribution in [0.25, 0.3) is 0 Å². The van der Waals surface area contributed by atoms with E-state index in [0.717, 1.165) is 44.9 Å². The van der Waals surface area contributed by atoms with E-state index in [1.54, 1.807) is 0 Å². The highest BCUT2D eigenvalue weighted by Gasteiger charge is 2.35. The number of aromatic hydroxyl groups is 1. The number of aliphatic hydroxyl groups excluding tert-OH is 2. The average molecular weight is 1020 g/mol. The number of unbranched alkanes of at least 4 members (excludes halogenated alkanes) is 9. The molecule has 0 bridgehead atoms. The molecule has 0 unspecified atom stereocenters. The summed E-state index contributed by atoms with van der Waals surface area (Å²) in [6.07, 6.45) is 5.91. The number of carbonyl (C=O) groups is 12. The molecular weight excluding hydrogens is 949 g/mol. The highest BCUT2D eigenvalue weighted by molar-refractivity contribution is 6.00. The highest BCUT2D eigenvalue weighted by Crippen LogP contribution is 2.13. The fourth-order valence-corrected chi connectivity index (χ4v) is 7.19. The molecule has 1 heterocycles. The monoisotopic (exact) mass is 1020 g/mol. The number of aliphatic hydroxyl groups is 2. The first-order chi connectivity index (χ1) is 34.2. The largest absolute Gasteiger partial charge is 0.508 e. The van der Waals surface area contributed by atoms with Crippen molar-refractivity contribution in [2.24, 2.45) is 17.2 Å². The lowest BCUT2D eigenvalue weighted by atomic mass is 10.0. The summed E-state index contributed by atoms with van der Waals surface area (Å²) in [4.78, 5) is 158. The van der Waals surface area contributed by atoms with Crippen LogP contribution in [0.2, 0.25) is 0 Å². The molecule has 1 aromatic rings. The number of carbonyl (C=O) groups excluding carboxylic acids is 12. The van der Waals surface area contributed by atoms with Gasteiger partial charge in [-0.05, 0) is 24.1 Å². The van der Waals surface area contributed by atoms with Gasteiger partial charge in [0.15, 0.2) is 0 Å². The van der Waals surface area contributed by atoms with Crippen molar-refractivity contribution in [2.45, 2.75) is 146 Å². The Morgan fingerprint density at radius 3 is 1.44 bits per heavy atom. The van der Waals surface area contributed by atoms with Crippen molar-refractivity contribution in [3.05, 3.63) is 29.8 Å². The Balaban J connectivity index is 2.58. The quantitative estimate of drug-likeness (QED) is 0.0482. The van der Waals surface area contributed by atoms with Crippen molar-refractivity contribution >= 4 is 70.9 Å². The Labute approximate surface area is 415 Å². The van der Waals surface area contributed by atoms with Crippen LogP contribution in [0.1, 0.15) is 102 Å². The van der Waals surface area contributed by atoms with E-state index in [1.165, 1.54) is 37.1 Å². The van der Waals surface area contributed by atoms with E-state index in [1.807, 2.05) is 0 Å². The molecule has 0 saturated carbocycles. The molecule has 1 fully saturated rings. The molecule has 1 aromatic carbocycles. The Morgan fingerprint density at radius 1 is 0.528 bits per heavy atom. The smallest absolute Gasteiger partial charge is 0.245 e. The van der Waals surface area contributed by atoms with E-state index < -0.39 is 159 Å². The number of rotatable bonds is 22. The standard InChI is InChI=1S/C45H70N12O15/c1-2-3-4-5-6-7-8-9-10-11-16-49-39(66)31-21-37(64)52-32(23-58)44(71)53-27(17-25-12-14-26(60)15-13-25)41(68)54-28(18-34(46)61)40(67)50-22-38(65)51-29(19-35(47)62)42(69)57-33(24-59)45(72)55-30(20-36(48)63)43(70)56-31/h12-15,27-33,58-60H,2-11,16-24H2,1H3,(H2,46,61)(H2,47,62)(H2,48,63)(H,49,66)(H,50,67)(H,51,65)(H,52,64)(H,53,71)(H,54,68)(H,55,72)(H,56,70)(H,57,69)/t27-,28-,29-,30+,31-,32-,33-/m1/s1. The van der Waals surface area contributed by atoms with Crippen LogP contribution in [0, 0.1) is 0 Å². The third-order valence-corrected chi connectivity index (χ3v) is 11.1.